The second kappa shape index (κ2) is 16.6. The maximum Gasteiger partial charge on any atom is 0.329 e. The number of nitrogens with zero attached hydrogens (tertiary/aromatic N) is 4. The summed E-state index contributed by atoms with van der Waals surface area (Å²) >= 11 is 0. The number of hydrogen-bond acceptors (Lipinski definition) is 13. The third-order valence-electron chi connectivity index (χ3n) is 8.35. The van der Waals surface area contributed by atoms with Crippen LogP contribution in [-0.4, -0.2) is 61.8 Å². The normalized spacial score (nSPS) is 12.8. The van der Waals surface area contributed by atoms with Crippen molar-refractivity contribution in [2.24, 2.45) is 20.5 Å². The first-order chi connectivity index (χ1) is 27.9. The lowest BCUT2D eigenvalue weighted by Gasteiger charge is -2.13. The molecule has 0 radical (unpaired) electrons. The van der Waals surface area contributed by atoms with Crippen molar-refractivity contribution < 1.29 is 69.7 Å². The van der Waals surface area contributed by atoms with Crippen molar-refractivity contribution in [3.8, 4) is 11.5 Å². The molecular weight excluding hydrogens is 870 g/mol. The molecule has 0 fully saturated rings. The van der Waals surface area contributed by atoms with E-state index in [-0.39, 0.29) is 44.3 Å². The van der Waals surface area contributed by atoms with Gasteiger partial charge in [0.15, 0.2) is 11.5 Å². The molecule has 312 valence electrons. The van der Waals surface area contributed by atoms with Gasteiger partial charge in [0, 0.05) is 22.1 Å². The van der Waals surface area contributed by atoms with Gasteiger partial charge in [0.2, 0.25) is 0 Å². The summed E-state index contributed by atoms with van der Waals surface area (Å²) in [5, 5.41) is 42.5. The van der Waals surface area contributed by atoms with Crippen LogP contribution in [0.3, 0.4) is 0 Å². The first-order valence-electron chi connectivity index (χ1n) is 16.7. The number of aromatic hydroxyl groups is 2. The molecule has 0 heterocycles. The van der Waals surface area contributed by atoms with Crippen molar-refractivity contribution in [2.45, 2.75) is 22.1 Å². The van der Waals surface area contributed by atoms with Crippen LogP contribution in [0.2, 0.25) is 0 Å². The monoisotopic (exact) mass is 900 g/mol. The molecule has 0 saturated carbocycles. The van der Waals surface area contributed by atoms with E-state index in [9.17, 15) is 50.1 Å². The quantitative estimate of drug-likeness (QED) is 0.0319. The highest BCUT2D eigenvalue weighted by Gasteiger charge is 2.24. The van der Waals surface area contributed by atoms with Gasteiger partial charge < -0.3 is 40.4 Å². The number of anilines is 2. The van der Waals surface area contributed by atoms with Gasteiger partial charge in [-0.25, -0.2) is 4.79 Å². The summed E-state index contributed by atoms with van der Waals surface area (Å²) in [6.45, 7) is 0. The fourth-order valence-corrected chi connectivity index (χ4v) is 8.45. The Labute approximate surface area is 338 Å². The zero-order chi connectivity index (χ0) is 43.8. The Kier molecular flexibility index (Phi) is 12.1. The summed E-state index contributed by atoms with van der Waals surface area (Å²) in [5.41, 5.74) is -0.267. The molecular formula is C35H30N6O15P2S2. The molecule has 6 rings (SSSR count). The number of carbonyl (C=O) groups excluding carboxylic acids is 1. The molecule has 6 aromatic carbocycles. The van der Waals surface area contributed by atoms with E-state index in [1.54, 1.807) is 0 Å². The van der Waals surface area contributed by atoms with Crippen molar-refractivity contribution in [1.82, 2.24) is 0 Å². The molecule has 0 aliphatic rings. The fraction of sp³-hybridized carbons (Fsp3) is 0.0571. The van der Waals surface area contributed by atoms with Crippen molar-refractivity contribution in [2.75, 3.05) is 10.6 Å². The smallest absolute Gasteiger partial charge is 0.329 e. The number of phenolic OH excluding ortho intramolecular Hbond substituents is 2. The second-order valence-corrected chi connectivity index (χ2v) is 19.0. The van der Waals surface area contributed by atoms with Crippen LogP contribution in [0.4, 0.5) is 38.9 Å². The number of carbonyl (C=O) groups is 1. The number of phenols is 2. The maximum absolute atomic E-state index is 13.0. The van der Waals surface area contributed by atoms with E-state index in [1.807, 2.05) is 0 Å². The maximum atomic E-state index is 13.0. The molecule has 21 nitrogen and oxygen atoms in total. The molecule has 0 atom stereocenters. The van der Waals surface area contributed by atoms with Crippen molar-refractivity contribution in [1.29, 1.82) is 0 Å². The standard InChI is InChI=1S/C35H30N6O15P2S2/c42-33-27-11-9-25(13-21(27)15-29(59(51,52)53)31(33)40-38-23-5-1-19(2-6-23)17-57(45,46)47)36-35(44)37-26-10-12-28-22(14-26)16-30(60(54,55)56)32(34(28)43)41-39-24-7-3-20(4-8-24)18-58(48,49)50/h1-16,42-43H,17-18H2,(H2,36,37,44)(H2,45,46,47)(H2,48,49,50)(H,51,52,53)(H,54,55,56). The lowest BCUT2D eigenvalue weighted by molar-refractivity contribution is 0.262. The van der Waals surface area contributed by atoms with E-state index >= 15 is 0 Å². The van der Waals surface area contributed by atoms with Gasteiger partial charge in [-0.3, -0.25) is 18.2 Å². The molecule has 0 unspecified atom stereocenters. The Bertz CT molecular complexity index is 2880. The molecule has 0 bridgehead atoms. The first-order valence-corrected chi connectivity index (χ1v) is 23.1. The number of rotatable bonds is 12. The minimum absolute atomic E-state index is 0.0300. The Hall–Kier alpha value is -5.97. The molecule has 0 aliphatic carbocycles. The van der Waals surface area contributed by atoms with Gasteiger partial charge >= 0.3 is 21.2 Å². The van der Waals surface area contributed by atoms with Gasteiger partial charge in [0.25, 0.3) is 20.2 Å². The third kappa shape index (κ3) is 10.8. The number of nitrogens with one attached hydrogen (secondary N) is 2. The predicted octanol–water partition coefficient (Wildman–Crippen LogP) is 7.73. The summed E-state index contributed by atoms with van der Waals surface area (Å²) in [6.07, 6.45) is -1.05. The van der Waals surface area contributed by atoms with Crippen LogP contribution in [0.1, 0.15) is 11.1 Å². The van der Waals surface area contributed by atoms with Gasteiger partial charge in [-0.05, 0) is 94.7 Å². The molecule has 0 aliphatic heterocycles. The van der Waals surface area contributed by atoms with Crippen molar-refractivity contribution in [3.05, 3.63) is 108 Å². The van der Waals surface area contributed by atoms with E-state index in [2.05, 4.69) is 31.1 Å². The molecule has 2 amide bonds. The second-order valence-electron chi connectivity index (χ2n) is 12.9. The lowest BCUT2D eigenvalue weighted by Crippen LogP contribution is -2.19. The van der Waals surface area contributed by atoms with Crippen LogP contribution >= 0.6 is 15.2 Å². The fourth-order valence-electron chi connectivity index (χ4n) is 5.77. The van der Waals surface area contributed by atoms with Crippen molar-refractivity contribution >= 4 is 97.1 Å². The number of benzene rings is 6. The number of fused-ring (bicyclic) bond motifs is 2. The minimum atomic E-state index is -5.02. The highest BCUT2D eigenvalue weighted by molar-refractivity contribution is 7.86. The van der Waals surface area contributed by atoms with Crippen LogP contribution in [0.15, 0.2) is 127 Å². The van der Waals surface area contributed by atoms with Crippen LogP contribution in [0.5, 0.6) is 11.5 Å². The zero-order valence-electron chi connectivity index (χ0n) is 30.1. The van der Waals surface area contributed by atoms with Gasteiger partial charge in [0.1, 0.15) is 21.2 Å². The molecule has 60 heavy (non-hydrogen) atoms. The Morgan fingerprint density at radius 2 is 0.883 bits per heavy atom. The largest absolute Gasteiger partial charge is 0.505 e. The molecule has 25 heteroatoms. The highest BCUT2D eigenvalue weighted by atomic mass is 32.2. The summed E-state index contributed by atoms with van der Waals surface area (Å²) in [4.78, 5) is 48.0. The van der Waals surface area contributed by atoms with Crippen LogP contribution in [-0.2, 0) is 41.7 Å². The molecule has 0 saturated heterocycles. The Balaban J connectivity index is 1.23. The number of hydrogen-bond donors (Lipinski definition) is 10. The van der Waals surface area contributed by atoms with Crippen LogP contribution in [0.25, 0.3) is 21.5 Å². The Morgan fingerprint density at radius 1 is 0.533 bits per heavy atom. The van der Waals surface area contributed by atoms with Crippen LogP contribution in [0, 0.1) is 0 Å². The van der Waals surface area contributed by atoms with E-state index in [0.717, 1.165) is 12.1 Å². The molecule has 0 spiro atoms. The van der Waals surface area contributed by atoms with E-state index in [1.165, 1.54) is 84.9 Å². The van der Waals surface area contributed by atoms with E-state index < -0.39 is 86.4 Å². The molecule has 6 aromatic rings. The summed E-state index contributed by atoms with van der Waals surface area (Å²) in [5.74, 6) is -1.39. The number of azo groups is 2. The average Bonchev–Trinajstić information content (AvgIpc) is 3.13. The van der Waals surface area contributed by atoms with E-state index in [4.69, 9.17) is 19.6 Å². The third-order valence-corrected chi connectivity index (χ3v) is 11.6. The minimum Gasteiger partial charge on any atom is -0.505 e. The van der Waals surface area contributed by atoms with Gasteiger partial charge in [-0.15, -0.1) is 10.2 Å². The highest BCUT2D eigenvalue weighted by Crippen LogP contribution is 2.45. The molecule has 0 aromatic heterocycles. The SMILES string of the molecule is O=C(Nc1ccc2c(O)c(N=Nc3ccc(CP(=O)(O)O)cc3)c(S(=O)(=O)O)cc2c1)Nc1ccc2c(O)c(N=Nc3ccc(CP(=O)(O)O)cc3)c(S(=O)(=O)O)cc2c1. The number of urea groups is 1. The number of amides is 2. The topological polar surface area (TPSA) is 355 Å². The van der Waals surface area contributed by atoms with Gasteiger partial charge in [0.05, 0.1) is 23.7 Å². The summed E-state index contributed by atoms with van der Waals surface area (Å²) in [6, 6.07) is 19.8. The molecule has 10 N–H and O–H groups in total. The van der Waals surface area contributed by atoms with E-state index in [0.29, 0.717) is 11.1 Å². The zero-order valence-corrected chi connectivity index (χ0v) is 33.5. The van der Waals surface area contributed by atoms with Gasteiger partial charge in [-0.2, -0.15) is 27.1 Å². The average molecular weight is 901 g/mol. The van der Waals surface area contributed by atoms with Crippen molar-refractivity contribution in [3.63, 3.8) is 0 Å². The lowest BCUT2D eigenvalue weighted by atomic mass is 10.1. The van der Waals surface area contributed by atoms with Crippen LogP contribution < -0.4 is 10.6 Å². The summed E-state index contributed by atoms with van der Waals surface area (Å²) in [7, 11) is -18.7. The van der Waals surface area contributed by atoms with Gasteiger partial charge in [-0.1, -0.05) is 24.3 Å². The first kappa shape index (κ1) is 43.6. The Morgan fingerprint density at radius 3 is 1.20 bits per heavy atom. The predicted molar refractivity (Wildman–Crippen MR) is 216 cm³/mol. The summed E-state index contributed by atoms with van der Waals surface area (Å²) < 4.78 is 91.8.